The van der Waals surface area contributed by atoms with E-state index in [-0.39, 0.29) is 12.6 Å². The van der Waals surface area contributed by atoms with Crippen LogP contribution < -0.4 is 4.72 Å². The van der Waals surface area contributed by atoms with E-state index in [0.29, 0.717) is 0 Å². The van der Waals surface area contributed by atoms with Crippen molar-refractivity contribution < 1.29 is 8.42 Å². The van der Waals surface area contributed by atoms with Crippen LogP contribution >= 0.6 is 0 Å². The van der Waals surface area contributed by atoms with Crippen molar-refractivity contribution in [3.8, 4) is 6.07 Å². The molecule has 6 heteroatoms. The molecule has 0 spiro atoms. The lowest BCUT2D eigenvalue weighted by molar-refractivity contribution is 0.364. The van der Waals surface area contributed by atoms with Crippen LogP contribution in [-0.4, -0.2) is 30.8 Å². The molecule has 0 rings (SSSR count). The zero-order valence-corrected chi connectivity index (χ0v) is 10.7. The average Bonchev–Trinajstić information content (AvgIpc) is 1.93. The number of hydrogen-bond acceptors (Lipinski definition) is 3. The Morgan fingerprint density at radius 3 is 2.13 bits per heavy atom. The monoisotopic (exact) mass is 233 g/mol. The van der Waals surface area contributed by atoms with Crippen molar-refractivity contribution in [1.82, 2.24) is 9.03 Å². The first-order chi connectivity index (χ1) is 6.60. The van der Waals surface area contributed by atoms with E-state index in [4.69, 9.17) is 5.26 Å². The van der Waals surface area contributed by atoms with Crippen molar-refractivity contribution in [3.05, 3.63) is 0 Å². The zero-order chi connectivity index (χ0) is 12.3. The number of nitrogens with one attached hydrogen (secondary N) is 1. The molecule has 0 fully saturated rings. The van der Waals surface area contributed by atoms with E-state index in [1.54, 1.807) is 34.6 Å². The van der Waals surface area contributed by atoms with Crippen LogP contribution in [0.25, 0.3) is 0 Å². The third kappa shape index (κ3) is 5.11. The van der Waals surface area contributed by atoms with Gasteiger partial charge in [-0.2, -0.15) is 22.7 Å². The highest BCUT2D eigenvalue weighted by Crippen LogP contribution is 2.09. The first kappa shape index (κ1) is 14.4. The van der Waals surface area contributed by atoms with Gasteiger partial charge in [-0.25, -0.2) is 0 Å². The van der Waals surface area contributed by atoms with Gasteiger partial charge in [0.1, 0.15) is 6.54 Å². The Balaban J connectivity index is 4.91. The Morgan fingerprint density at radius 1 is 1.40 bits per heavy atom. The molecule has 0 amide bonds. The molecule has 0 atom stereocenters. The summed E-state index contributed by atoms with van der Waals surface area (Å²) in [4.78, 5) is 0. The van der Waals surface area contributed by atoms with Gasteiger partial charge in [0.15, 0.2) is 0 Å². The van der Waals surface area contributed by atoms with Gasteiger partial charge in [0.2, 0.25) is 0 Å². The molecule has 0 heterocycles. The molecule has 0 aliphatic carbocycles. The second-order valence-corrected chi connectivity index (χ2v) is 6.28. The summed E-state index contributed by atoms with van der Waals surface area (Å²) in [5, 5.41) is 8.56. The van der Waals surface area contributed by atoms with E-state index in [0.717, 1.165) is 4.31 Å². The second-order valence-electron chi connectivity index (χ2n) is 4.65. The van der Waals surface area contributed by atoms with Gasteiger partial charge in [0, 0.05) is 11.6 Å². The second kappa shape index (κ2) is 4.92. The van der Waals surface area contributed by atoms with Crippen LogP contribution in [0.1, 0.15) is 34.6 Å². The Bertz CT molecular complexity index is 335. The summed E-state index contributed by atoms with van der Waals surface area (Å²) in [5.74, 6) is 0. The molecule has 0 saturated carbocycles. The summed E-state index contributed by atoms with van der Waals surface area (Å²) >= 11 is 0. The number of nitrogens with zero attached hydrogens (tertiary/aromatic N) is 2. The number of nitriles is 1. The van der Waals surface area contributed by atoms with Crippen LogP contribution in [0.5, 0.6) is 0 Å². The van der Waals surface area contributed by atoms with Gasteiger partial charge in [-0.15, -0.1) is 0 Å². The fraction of sp³-hybridized carbons (Fsp3) is 0.889. The summed E-state index contributed by atoms with van der Waals surface area (Å²) in [5.41, 5.74) is -0.540. The molecule has 0 saturated heterocycles. The quantitative estimate of drug-likeness (QED) is 0.732. The molecule has 5 nitrogen and oxygen atoms in total. The minimum absolute atomic E-state index is 0.136. The summed E-state index contributed by atoms with van der Waals surface area (Å²) in [6, 6.07) is 1.62. The molecule has 0 bridgehead atoms. The summed E-state index contributed by atoms with van der Waals surface area (Å²) in [7, 11) is -3.58. The van der Waals surface area contributed by atoms with Crippen molar-refractivity contribution in [3.63, 3.8) is 0 Å². The maximum absolute atomic E-state index is 11.8. The zero-order valence-electron chi connectivity index (χ0n) is 9.90. The van der Waals surface area contributed by atoms with Crippen molar-refractivity contribution in [2.24, 2.45) is 0 Å². The first-order valence-corrected chi connectivity index (χ1v) is 6.22. The Morgan fingerprint density at radius 2 is 1.87 bits per heavy atom. The van der Waals surface area contributed by atoms with E-state index < -0.39 is 15.7 Å². The van der Waals surface area contributed by atoms with Gasteiger partial charge in [-0.1, -0.05) is 0 Å². The van der Waals surface area contributed by atoms with Crippen LogP contribution in [0, 0.1) is 11.3 Å². The molecular formula is C9H19N3O2S. The van der Waals surface area contributed by atoms with E-state index in [9.17, 15) is 8.42 Å². The minimum atomic E-state index is -3.58. The van der Waals surface area contributed by atoms with Crippen LogP contribution in [0.15, 0.2) is 0 Å². The highest BCUT2D eigenvalue weighted by Gasteiger charge is 2.28. The highest BCUT2D eigenvalue weighted by molar-refractivity contribution is 7.87. The summed E-state index contributed by atoms with van der Waals surface area (Å²) in [6.45, 7) is 8.61. The smallest absolute Gasteiger partial charge is 0.197 e. The van der Waals surface area contributed by atoms with Crippen molar-refractivity contribution in [1.29, 1.82) is 5.26 Å². The SMILES string of the molecule is CC(C)N(CC#N)S(=O)(=O)NC(C)(C)C. The average molecular weight is 233 g/mol. The Hall–Kier alpha value is -0.640. The maximum atomic E-state index is 11.8. The van der Waals surface area contributed by atoms with Crippen LogP contribution in [0.2, 0.25) is 0 Å². The predicted molar refractivity (Wildman–Crippen MR) is 59.3 cm³/mol. The normalized spacial score (nSPS) is 13.2. The van der Waals surface area contributed by atoms with Crippen LogP contribution in [0.3, 0.4) is 0 Å². The molecule has 1 N–H and O–H groups in total. The van der Waals surface area contributed by atoms with Gasteiger partial charge < -0.3 is 0 Å². The lowest BCUT2D eigenvalue weighted by Gasteiger charge is -2.28. The van der Waals surface area contributed by atoms with Gasteiger partial charge in [0.05, 0.1) is 6.07 Å². The highest BCUT2D eigenvalue weighted by atomic mass is 32.2. The van der Waals surface area contributed by atoms with E-state index in [1.165, 1.54) is 0 Å². The molecule has 0 aromatic carbocycles. The molecule has 0 radical (unpaired) electrons. The van der Waals surface area contributed by atoms with Gasteiger partial charge in [-0.3, -0.25) is 0 Å². The standard InChI is InChI=1S/C9H19N3O2S/c1-8(2)12(7-6-10)15(13,14)11-9(3,4)5/h8,11H,7H2,1-5H3. The lowest BCUT2D eigenvalue weighted by atomic mass is 10.1. The molecule has 15 heavy (non-hydrogen) atoms. The van der Waals surface area contributed by atoms with E-state index >= 15 is 0 Å². The van der Waals surface area contributed by atoms with Crippen molar-refractivity contribution in [2.75, 3.05) is 6.54 Å². The molecular weight excluding hydrogens is 214 g/mol. The molecule has 0 aliphatic rings. The summed E-state index contributed by atoms with van der Waals surface area (Å²) < 4.78 is 27.3. The van der Waals surface area contributed by atoms with E-state index in [1.807, 2.05) is 6.07 Å². The van der Waals surface area contributed by atoms with Crippen molar-refractivity contribution in [2.45, 2.75) is 46.2 Å². The third-order valence-electron chi connectivity index (χ3n) is 1.55. The van der Waals surface area contributed by atoms with Gasteiger partial charge in [-0.05, 0) is 34.6 Å². The largest absolute Gasteiger partial charge is 0.281 e. The maximum Gasteiger partial charge on any atom is 0.281 e. The number of hydrogen-bond donors (Lipinski definition) is 1. The summed E-state index contributed by atoms with van der Waals surface area (Å²) in [6.07, 6.45) is 0. The molecule has 0 aromatic rings. The van der Waals surface area contributed by atoms with Gasteiger partial charge >= 0.3 is 0 Å². The predicted octanol–water partition coefficient (Wildman–Crippen LogP) is 0.853. The first-order valence-electron chi connectivity index (χ1n) is 4.78. The fourth-order valence-electron chi connectivity index (χ4n) is 1.06. The minimum Gasteiger partial charge on any atom is -0.197 e. The molecule has 0 unspecified atom stereocenters. The van der Waals surface area contributed by atoms with E-state index in [2.05, 4.69) is 4.72 Å². The topological polar surface area (TPSA) is 73.2 Å². The van der Waals surface area contributed by atoms with Crippen molar-refractivity contribution >= 4 is 10.2 Å². The number of rotatable bonds is 4. The van der Waals surface area contributed by atoms with Crippen LogP contribution in [0.4, 0.5) is 0 Å². The third-order valence-corrected chi connectivity index (χ3v) is 3.58. The fourth-order valence-corrected chi connectivity index (χ4v) is 2.73. The lowest BCUT2D eigenvalue weighted by Crippen LogP contribution is -2.51. The molecule has 0 aliphatic heterocycles. The molecule has 0 aromatic heterocycles. The Kier molecular flexibility index (Phi) is 4.71. The van der Waals surface area contributed by atoms with Gasteiger partial charge in [0.25, 0.3) is 10.2 Å². The Labute approximate surface area is 92.3 Å². The molecule has 88 valence electrons. The van der Waals surface area contributed by atoms with Crippen LogP contribution in [-0.2, 0) is 10.2 Å².